The van der Waals surface area contributed by atoms with Gasteiger partial charge in [-0.25, -0.2) is 0 Å². The molecule has 1 saturated heterocycles. The molecule has 1 fully saturated rings. The number of carbonyl (C=O) groups excluding carboxylic acids is 1. The number of carbonyl (C=O) groups is 1. The number of pyridine rings is 1. The molecule has 6 nitrogen and oxygen atoms in total. The molecule has 0 radical (unpaired) electrons. The summed E-state index contributed by atoms with van der Waals surface area (Å²) in [4.78, 5) is 19.7. The zero-order chi connectivity index (χ0) is 21.0. The predicted octanol–water partition coefficient (Wildman–Crippen LogP) is 4.18. The summed E-state index contributed by atoms with van der Waals surface area (Å²) >= 11 is 0. The van der Waals surface area contributed by atoms with E-state index in [1.807, 2.05) is 72.8 Å². The van der Waals surface area contributed by atoms with Crippen molar-refractivity contribution in [2.75, 3.05) is 31.2 Å². The van der Waals surface area contributed by atoms with E-state index >= 15 is 0 Å². The van der Waals surface area contributed by atoms with Gasteiger partial charge in [0.1, 0.15) is 23.1 Å². The highest BCUT2D eigenvalue weighted by atomic mass is 16.5. The molecule has 1 atom stereocenters. The summed E-state index contributed by atoms with van der Waals surface area (Å²) in [6.07, 6.45) is 1.68. The van der Waals surface area contributed by atoms with Crippen molar-refractivity contribution in [2.45, 2.75) is 6.04 Å². The van der Waals surface area contributed by atoms with E-state index in [1.54, 1.807) is 6.20 Å². The van der Waals surface area contributed by atoms with Gasteiger partial charge in [-0.15, -0.1) is 0 Å². The molecule has 1 amide bonds. The van der Waals surface area contributed by atoms with E-state index < -0.39 is 6.04 Å². The fourth-order valence-electron chi connectivity index (χ4n) is 3.88. The second-order valence-electron chi connectivity index (χ2n) is 7.50. The minimum Gasteiger partial charge on any atom is -0.459 e. The van der Waals surface area contributed by atoms with E-state index in [9.17, 15) is 4.79 Å². The van der Waals surface area contributed by atoms with Crippen LogP contribution >= 0.6 is 0 Å². The number of hydrogen-bond donors (Lipinski definition) is 1. The molecule has 31 heavy (non-hydrogen) atoms. The Morgan fingerprint density at radius 3 is 2.55 bits per heavy atom. The van der Waals surface area contributed by atoms with E-state index in [2.05, 4.69) is 15.2 Å². The number of ether oxygens (including phenoxy) is 1. The van der Waals surface area contributed by atoms with Gasteiger partial charge < -0.3 is 19.4 Å². The third-order valence-electron chi connectivity index (χ3n) is 5.49. The highest BCUT2D eigenvalue weighted by Gasteiger charge is 2.23. The number of amides is 1. The van der Waals surface area contributed by atoms with E-state index in [1.165, 1.54) is 0 Å². The number of furan rings is 1. The highest BCUT2D eigenvalue weighted by Crippen LogP contribution is 2.28. The number of benzene rings is 2. The van der Waals surface area contributed by atoms with Crippen LogP contribution in [0.25, 0.3) is 11.0 Å². The molecular formula is C25H23N3O3. The quantitative estimate of drug-likeness (QED) is 0.532. The van der Waals surface area contributed by atoms with Crippen LogP contribution in [-0.4, -0.2) is 37.2 Å². The molecule has 1 N–H and O–H groups in total. The maximum absolute atomic E-state index is 13.2. The van der Waals surface area contributed by atoms with Gasteiger partial charge in [0.05, 0.1) is 13.2 Å². The van der Waals surface area contributed by atoms with Crippen LogP contribution in [0, 0.1) is 0 Å². The molecule has 0 spiro atoms. The van der Waals surface area contributed by atoms with Crippen molar-refractivity contribution in [3.05, 3.63) is 96.0 Å². The summed E-state index contributed by atoms with van der Waals surface area (Å²) in [6, 6.07) is 23.0. The molecule has 2 aromatic carbocycles. The molecular weight excluding hydrogens is 390 g/mol. The smallest absolute Gasteiger partial charge is 0.270 e. The summed E-state index contributed by atoms with van der Waals surface area (Å²) in [5.41, 5.74) is 3.09. The van der Waals surface area contributed by atoms with Crippen molar-refractivity contribution in [2.24, 2.45) is 0 Å². The van der Waals surface area contributed by atoms with Crippen LogP contribution in [0.15, 0.2) is 83.4 Å². The Labute approximate surface area is 180 Å². The number of para-hydroxylation sites is 1. The lowest BCUT2D eigenvalue weighted by Gasteiger charge is -2.29. The van der Waals surface area contributed by atoms with Crippen LogP contribution < -0.4 is 10.2 Å². The molecule has 156 valence electrons. The van der Waals surface area contributed by atoms with Gasteiger partial charge in [0.25, 0.3) is 5.91 Å². The van der Waals surface area contributed by atoms with Gasteiger partial charge >= 0.3 is 0 Å². The summed E-state index contributed by atoms with van der Waals surface area (Å²) < 4.78 is 11.5. The second-order valence-corrected chi connectivity index (χ2v) is 7.50. The minimum absolute atomic E-state index is 0.246. The Morgan fingerprint density at radius 2 is 1.74 bits per heavy atom. The lowest BCUT2D eigenvalue weighted by Crippen LogP contribution is -2.36. The Kier molecular flexibility index (Phi) is 5.37. The molecule has 0 saturated carbocycles. The highest BCUT2D eigenvalue weighted by molar-refractivity contribution is 5.93. The maximum Gasteiger partial charge on any atom is 0.270 e. The van der Waals surface area contributed by atoms with Crippen LogP contribution in [0.4, 0.5) is 5.69 Å². The first kappa shape index (κ1) is 19.3. The first-order valence-corrected chi connectivity index (χ1v) is 10.4. The van der Waals surface area contributed by atoms with E-state index in [-0.39, 0.29) is 5.91 Å². The maximum atomic E-state index is 13.2. The Balaban J connectivity index is 1.45. The molecule has 4 aromatic rings. The van der Waals surface area contributed by atoms with Gasteiger partial charge in [-0.05, 0) is 29.8 Å². The lowest BCUT2D eigenvalue weighted by molar-refractivity contribution is 0.0934. The number of morpholine rings is 1. The van der Waals surface area contributed by atoms with Crippen molar-refractivity contribution in [3.8, 4) is 0 Å². The zero-order valence-corrected chi connectivity index (χ0v) is 17.0. The molecule has 0 aliphatic carbocycles. The van der Waals surface area contributed by atoms with Crippen molar-refractivity contribution < 1.29 is 13.9 Å². The largest absolute Gasteiger partial charge is 0.459 e. The van der Waals surface area contributed by atoms with Gasteiger partial charge in [0, 0.05) is 30.4 Å². The van der Waals surface area contributed by atoms with Crippen molar-refractivity contribution in [1.82, 2.24) is 10.3 Å². The van der Waals surface area contributed by atoms with E-state index in [4.69, 9.17) is 9.15 Å². The van der Waals surface area contributed by atoms with Gasteiger partial charge in [-0.3, -0.25) is 9.78 Å². The molecule has 0 bridgehead atoms. The molecule has 1 unspecified atom stereocenters. The number of fused-ring (bicyclic) bond motifs is 1. The summed E-state index contributed by atoms with van der Waals surface area (Å²) in [5, 5.41) is 4.12. The van der Waals surface area contributed by atoms with E-state index in [0.29, 0.717) is 24.7 Å². The number of rotatable bonds is 5. The summed E-state index contributed by atoms with van der Waals surface area (Å²) in [7, 11) is 0. The molecule has 5 rings (SSSR count). The monoisotopic (exact) mass is 413 g/mol. The predicted molar refractivity (Wildman–Crippen MR) is 119 cm³/mol. The summed E-state index contributed by atoms with van der Waals surface area (Å²) in [6.45, 7) is 2.98. The third-order valence-corrected chi connectivity index (χ3v) is 5.49. The van der Waals surface area contributed by atoms with Crippen LogP contribution in [-0.2, 0) is 4.74 Å². The Bertz CT molecular complexity index is 1150. The van der Waals surface area contributed by atoms with Crippen LogP contribution in [0.2, 0.25) is 0 Å². The Morgan fingerprint density at radius 1 is 0.968 bits per heavy atom. The normalized spacial score (nSPS) is 15.0. The van der Waals surface area contributed by atoms with Crippen molar-refractivity contribution >= 4 is 22.6 Å². The fourth-order valence-corrected chi connectivity index (χ4v) is 3.88. The third kappa shape index (κ3) is 4.15. The lowest BCUT2D eigenvalue weighted by atomic mass is 10.0. The van der Waals surface area contributed by atoms with Gasteiger partial charge in [-0.2, -0.15) is 0 Å². The Hall–Kier alpha value is -3.64. The minimum atomic E-state index is -0.421. The molecule has 3 heterocycles. The SMILES string of the molecule is O=C(NC(c1ccccc1)c1cc2ccccc2o1)c1cc(N2CCOCC2)ccn1. The topological polar surface area (TPSA) is 67.6 Å². The first-order chi connectivity index (χ1) is 15.3. The van der Waals surface area contributed by atoms with Crippen molar-refractivity contribution in [1.29, 1.82) is 0 Å². The number of aromatic nitrogens is 1. The molecule has 1 aliphatic rings. The first-order valence-electron chi connectivity index (χ1n) is 10.4. The van der Waals surface area contributed by atoms with Crippen LogP contribution in [0.5, 0.6) is 0 Å². The van der Waals surface area contributed by atoms with Gasteiger partial charge in [0.15, 0.2) is 0 Å². The average molecular weight is 413 g/mol. The van der Waals surface area contributed by atoms with Crippen LogP contribution in [0.1, 0.15) is 27.9 Å². The zero-order valence-electron chi connectivity index (χ0n) is 17.0. The number of hydrogen-bond acceptors (Lipinski definition) is 5. The average Bonchev–Trinajstić information content (AvgIpc) is 3.27. The number of nitrogens with zero attached hydrogens (tertiary/aromatic N) is 2. The number of anilines is 1. The summed E-state index contributed by atoms with van der Waals surface area (Å²) in [5.74, 6) is 0.439. The molecule has 2 aromatic heterocycles. The van der Waals surface area contributed by atoms with Crippen molar-refractivity contribution in [3.63, 3.8) is 0 Å². The van der Waals surface area contributed by atoms with Crippen LogP contribution in [0.3, 0.4) is 0 Å². The molecule has 6 heteroatoms. The number of nitrogens with one attached hydrogen (secondary N) is 1. The second kappa shape index (κ2) is 8.62. The van der Waals surface area contributed by atoms with Gasteiger partial charge in [0.2, 0.25) is 0 Å². The molecule has 1 aliphatic heterocycles. The standard InChI is InChI=1S/C25H23N3O3/c29-25(21-17-20(10-11-26-21)28-12-14-30-15-13-28)27-24(18-6-2-1-3-7-18)23-16-19-8-4-5-9-22(19)31-23/h1-11,16-17,24H,12-15H2,(H,27,29). The van der Waals surface area contributed by atoms with Gasteiger partial charge in [-0.1, -0.05) is 48.5 Å². The van der Waals surface area contributed by atoms with E-state index in [0.717, 1.165) is 35.3 Å². The fraction of sp³-hybridized carbons (Fsp3) is 0.200.